The van der Waals surface area contributed by atoms with Crippen molar-refractivity contribution >= 4 is 11.3 Å². The van der Waals surface area contributed by atoms with Crippen molar-refractivity contribution in [1.29, 1.82) is 0 Å². The predicted molar refractivity (Wildman–Crippen MR) is 71.3 cm³/mol. The molecule has 0 spiro atoms. The van der Waals surface area contributed by atoms with Crippen molar-refractivity contribution in [2.24, 2.45) is 0 Å². The van der Waals surface area contributed by atoms with Crippen molar-refractivity contribution < 1.29 is 4.74 Å². The zero-order valence-corrected chi connectivity index (χ0v) is 11.9. The molecule has 1 saturated heterocycles. The van der Waals surface area contributed by atoms with Crippen molar-refractivity contribution in [3.8, 4) is 0 Å². The highest BCUT2D eigenvalue weighted by Crippen LogP contribution is 2.30. The predicted octanol–water partition coefficient (Wildman–Crippen LogP) is 2.93. The van der Waals surface area contributed by atoms with E-state index in [2.05, 4.69) is 38.0 Å². The van der Waals surface area contributed by atoms with E-state index >= 15 is 0 Å². The zero-order valence-electron chi connectivity index (χ0n) is 11.1. The number of nitrogens with zero attached hydrogens (tertiary/aromatic N) is 1. The van der Waals surface area contributed by atoms with Gasteiger partial charge in [-0.25, -0.2) is 4.98 Å². The Morgan fingerprint density at radius 2 is 2.35 bits per heavy atom. The average molecular weight is 254 g/mol. The fourth-order valence-corrected chi connectivity index (χ4v) is 2.94. The monoisotopic (exact) mass is 254 g/mol. The van der Waals surface area contributed by atoms with Crippen LogP contribution in [0.25, 0.3) is 0 Å². The molecule has 0 aliphatic carbocycles. The van der Waals surface area contributed by atoms with Crippen molar-refractivity contribution in [1.82, 2.24) is 10.3 Å². The van der Waals surface area contributed by atoms with Gasteiger partial charge in [0.1, 0.15) is 5.01 Å². The highest BCUT2D eigenvalue weighted by atomic mass is 32.1. The van der Waals surface area contributed by atoms with Crippen LogP contribution < -0.4 is 5.32 Å². The van der Waals surface area contributed by atoms with Crippen LogP contribution in [0.5, 0.6) is 0 Å². The second-order valence-corrected chi connectivity index (χ2v) is 6.78. The minimum absolute atomic E-state index is 0.0532. The number of thiazole rings is 1. The van der Waals surface area contributed by atoms with E-state index in [1.165, 1.54) is 0 Å². The summed E-state index contributed by atoms with van der Waals surface area (Å²) in [5, 5.41) is 6.72. The third kappa shape index (κ3) is 3.27. The third-order valence-electron chi connectivity index (χ3n) is 3.29. The maximum Gasteiger partial charge on any atom is 0.112 e. The van der Waals surface area contributed by atoms with Gasteiger partial charge in [0.25, 0.3) is 0 Å². The second-order valence-electron chi connectivity index (χ2n) is 5.88. The first-order valence-corrected chi connectivity index (χ1v) is 7.10. The van der Waals surface area contributed by atoms with Gasteiger partial charge < -0.3 is 10.1 Å². The molecular formula is C13H22N2OS. The Morgan fingerprint density at radius 3 is 2.88 bits per heavy atom. The van der Waals surface area contributed by atoms with E-state index in [1.807, 2.05) is 11.6 Å². The quantitative estimate of drug-likeness (QED) is 0.897. The molecule has 1 aliphatic heterocycles. The Labute approximate surface area is 108 Å². The molecular weight excluding hydrogens is 232 g/mol. The van der Waals surface area contributed by atoms with E-state index in [0.29, 0.717) is 6.10 Å². The standard InChI is InChI=1S/C13H22N2OS/c1-12(2)6-5-10(16-12)9-15-13(3,4)11-14-7-8-17-11/h7-8,10,15H,5-6,9H2,1-4H3. The molecule has 4 heteroatoms. The van der Waals surface area contributed by atoms with Crippen molar-refractivity contribution in [2.45, 2.75) is 57.8 Å². The van der Waals surface area contributed by atoms with Gasteiger partial charge in [0, 0.05) is 18.1 Å². The molecule has 0 radical (unpaired) electrons. The Hall–Kier alpha value is -0.450. The van der Waals surface area contributed by atoms with Crippen molar-refractivity contribution in [3.63, 3.8) is 0 Å². The molecule has 1 aromatic rings. The first-order chi connectivity index (χ1) is 7.89. The number of ether oxygens (including phenoxy) is 1. The van der Waals surface area contributed by atoms with E-state index in [-0.39, 0.29) is 11.1 Å². The number of hydrogen-bond donors (Lipinski definition) is 1. The molecule has 1 unspecified atom stereocenters. The fourth-order valence-electron chi connectivity index (χ4n) is 2.20. The van der Waals surface area contributed by atoms with Gasteiger partial charge in [-0.05, 0) is 40.5 Å². The summed E-state index contributed by atoms with van der Waals surface area (Å²) in [5.74, 6) is 0. The fraction of sp³-hybridized carbons (Fsp3) is 0.769. The molecule has 17 heavy (non-hydrogen) atoms. The third-order valence-corrected chi connectivity index (χ3v) is 4.39. The highest BCUT2D eigenvalue weighted by Gasteiger charge is 2.33. The smallest absolute Gasteiger partial charge is 0.112 e. The summed E-state index contributed by atoms with van der Waals surface area (Å²) < 4.78 is 5.98. The molecule has 96 valence electrons. The van der Waals surface area contributed by atoms with Crippen LogP contribution in [0.3, 0.4) is 0 Å². The van der Waals surface area contributed by atoms with Crippen molar-refractivity contribution in [3.05, 3.63) is 16.6 Å². The number of aromatic nitrogens is 1. The summed E-state index contributed by atoms with van der Waals surface area (Å²) in [6.45, 7) is 9.58. The van der Waals surface area contributed by atoms with E-state index in [1.54, 1.807) is 11.3 Å². The first-order valence-electron chi connectivity index (χ1n) is 6.22. The lowest BCUT2D eigenvalue weighted by Crippen LogP contribution is -2.41. The zero-order chi connectivity index (χ0) is 12.5. The Bertz CT molecular complexity index is 360. The summed E-state index contributed by atoms with van der Waals surface area (Å²) in [5.41, 5.74) is -0.0120. The van der Waals surface area contributed by atoms with E-state index in [0.717, 1.165) is 24.4 Å². The van der Waals surface area contributed by atoms with Gasteiger partial charge in [0.15, 0.2) is 0 Å². The summed E-state index contributed by atoms with van der Waals surface area (Å²) in [7, 11) is 0. The lowest BCUT2D eigenvalue weighted by Gasteiger charge is -2.26. The van der Waals surface area contributed by atoms with Crippen LogP contribution in [0.15, 0.2) is 11.6 Å². The van der Waals surface area contributed by atoms with Crippen LogP contribution in [0.2, 0.25) is 0 Å². The normalized spacial score (nSPS) is 24.1. The SMILES string of the molecule is CC1(C)CCC(CNC(C)(C)c2nccs2)O1. The summed E-state index contributed by atoms with van der Waals surface area (Å²) in [6, 6.07) is 0. The minimum atomic E-state index is -0.0652. The van der Waals surface area contributed by atoms with E-state index in [9.17, 15) is 0 Å². The lowest BCUT2D eigenvalue weighted by molar-refractivity contribution is -0.0166. The molecule has 1 aromatic heterocycles. The topological polar surface area (TPSA) is 34.2 Å². The van der Waals surface area contributed by atoms with Crippen molar-refractivity contribution in [2.75, 3.05) is 6.54 Å². The summed E-state index contributed by atoms with van der Waals surface area (Å²) in [4.78, 5) is 4.38. The van der Waals surface area contributed by atoms with Gasteiger partial charge >= 0.3 is 0 Å². The first kappa shape index (κ1) is 13.0. The van der Waals surface area contributed by atoms with E-state index in [4.69, 9.17) is 4.74 Å². The largest absolute Gasteiger partial charge is 0.371 e. The molecule has 0 amide bonds. The van der Waals surface area contributed by atoms with Gasteiger partial charge in [-0.2, -0.15) is 0 Å². The summed E-state index contributed by atoms with van der Waals surface area (Å²) >= 11 is 1.70. The molecule has 1 atom stereocenters. The van der Waals surface area contributed by atoms with Gasteiger partial charge in [-0.15, -0.1) is 11.3 Å². The second kappa shape index (κ2) is 4.67. The number of rotatable bonds is 4. The van der Waals surface area contributed by atoms with Crippen LogP contribution in [0, 0.1) is 0 Å². The highest BCUT2D eigenvalue weighted by molar-refractivity contribution is 7.09. The summed E-state index contributed by atoms with van der Waals surface area (Å²) in [6.07, 6.45) is 4.49. The lowest BCUT2D eigenvalue weighted by atomic mass is 10.0. The molecule has 0 saturated carbocycles. The number of hydrogen-bond acceptors (Lipinski definition) is 4. The van der Waals surface area contributed by atoms with E-state index < -0.39 is 0 Å². The van der Waals surface area contributed by atoms with Gasteiger partial charge in [-0.1, -0.05) is 0 Å². The van der Waals surface area contributed by atoms with Crippen LogP contribution >= 0.6 is 11.3 Å². The maximum absolute atomic E-state index is 5.98. The Morgan fingerprint density at radius 1 is 1.59 bits per heavy atom. The molecule has 3 nitrogen and oxygen atoms in total. The molecule has 2 rings (SSSR count). The molecule has 0 aromatic carbocycles. The molecule has 2 heterocycles. The molecule has 1 fully saturated rings. The van der Waals surface area contributed by atoms with Crippen LogP contribution in [0.4, 0.5) is 0 Å². The molecule has 1 aliphatic rings. The maximum atomic E-state index is 5.98. The van der Waals surface area contributed by atoms with Crippen LogP contribution in [-0.4, -0.2) is 23.2 Å². The minimum Gasteiger partial charge on any atom is -0.371 e. The molecule has 1 N–H and O–H groups in total. The Balaban J connectivity index is 1.86. The average Bonchev–Trinajstić information content (AvgIpc) is 2.84. The number of nitrogens with one attached hydrogen (secondary N) is 1. The van der Waals surface area contributed by atoms with Crippen LogP contribution in [-0.2, 0) is 10.3 Å². The Kier molecular flexibility index (Phi) is 3.57. The van der Waals surface area contributed by atoms with Gasteiger partial charge in [-0.3, -0.25) is 0 Å². The molecule has 0 bridgehead atoms. The van der Waals surface area contributed by atoms with Gasteiger partial charge in [0.05, 0.1) is 17.2 Å². The van der Waals surface area contributed by atoms with Crippen LogP contribution in [0.1, 0.15) is 45.5 Å². The van der Waals surface area contributed by atoms with Gasteiger partial charge in [0.2, 0.25) is 0 Å².